The highest BCUT2D eigenvalue weighted by Gasteiger charge is 2.15. The molecule has 1 amide bonds. The third kappa shape index (κ3) is 4.46. The van der Waals surface area contributed by atoms with Crippen molar-refractivity contribution < 1.29 is 18.7 Å². The highest BCUT2D eigenvalue weighted by atomic mass is 19.1. The minimum atomic E-state index is -0.298. The topological polar surface area (TPSA) is 63.4 Å². The van der Waals surface area contributed by atoms with Gasteiger partial charge in [-0.3, -0.25) is 4.79 Å². The Balaban J connectivity index is 1.90. The number of amides is 1. The standard InChI is InChI=1S/C21H23FN2O3/c1-26-12-11-23-20(25)10-8-17-18-13-15(22)5-9-19(18)24-21(17)14-3-6-16(27-2)7-4-14/h3-7,9,13,24H,8,10-12H2,1-2H3,(H,23,25). The van der Waals surface area contributed by atoms with Gasteiger partial charge in [-0.25, -0.2) is 4.39 Å². The van der Waals surface area contributed by atoms with E-state index in [1.54, 1.807) is 20.3 Å². The number of fused-ring (bicyclic) bond motifs is 1. The number of aryl methyl sites for hydroxylation is 1. The third-order valence-corrected chi connectivity index (χ3v) is 4.48. The summed E-state index contributed by atoms with van der Waals surface area (Å²) in [6, 6.07) is 12.3. The lowest BCUT2D eigenvalue weighted by Gasteiger charge is -2.08. The van der Waals surface area contributed by atoms with Crippen LogP contribution in [-0.2, 0) is 16.0 Å². The fourth-order valence-corrected chi connectivity index (χ4v) is 3.10. The molecule has 0 saturated heterocycles. The second kappa shape index (κ2) is 8.68. The van der Waals surface area contributed by atoms with Crippen LogP contribution >= 0.6 is 0 Å². The van der Waals surface area contributed by atoms with Crippen molar-refractivity contribution in [2.75, 3.05) is 27.4 Å². The van der Waals surface area contributed by atoms with E-state index in [1.807, 2.05) is 24.3 Å². The molecular weight excluding hydrogens is 347 g/mol. The van der Waals surface area contributed by atoms with Crippen molar-refractivity contribution in [1.82, 2.24) is 10.3 Å². The molecule has 0 saturated carbocycles. The molecule has 1 aromatic heterocycles. The van der Waals surface area contributed by atoms with Crippen molar-refractivity contribution in [2.45, 2.75) is 12.8 Å². The summed E-state index contributed by atoms with van der Waals surface area (Å²) in [4.78, 5) is 15.4. The smallest absolute Gasteiger partial charge is 0.220 e. The van der Waals surface area contributed by atoms with Crippen LogP contribution in [0.2, 0.25) is 0 Å². The van der Waals surface area contributed by atoms with E-state index in [9.17, 15) is 9.18 Å². The van der Waals surface area contributed by atoms with Gasteiger partial charge in [-0.05, 0) is 60.0 Å². The number of rotatable bonds is 8. The molecule has 0 atom stereocenters. The lowest BCUT2D eigenvalue weighted by atomic mass is 10.0. The first-order chi connectivity index (χ1) is 13.1. The van der Waals surface area contributed by atoms with Gasteiger partial charge in [0.2, 0.25) is 5.91 Å². The number of halogens is 1. The molecule has 0 aliphatic rings. The molecule has 0 radical (unpaired) electrons. The number of aromatic amines is 1. The predicted molar refractivity (Wildman–Crippen MR) is 103 cm³/mol. The number of nitrogens with one attached hydrogen (secondary N) is 2. The monoisotopic (exact) mass is 370 g/mol. The Morgan fingerprint density at radius 3 is 2.63 bits per heavy atom. The second-order valence-corrected chi connectivity index (χ2v) is 6.24. The molecule has 0 spiro atoms. The molecule has 5 nitrogen and oxygen atoms in total. The molecule has 3 aromatic rings. The first-order valence-electron chi connectivity index (χ1n) is 8.82. The van der Waals surface area contributed by atoms with Gasteiger partial charge in [0, 0.05) is 36.7 Å². The van der Waals surface area contributed by atoms with E-state index < -0.39 is 0 Å². The van der Waals surface area contributed by atoms with E-state index in [1.165, 1.54) is 12.1 Å². The van der Waals surface area contributed by atoms with E-state index in [0.717, 1.165) is 33.5 Å². The van der Waals surface area contributed by atoms with E-state index >= 15 is 0 Å². The Morgan fingerprint density at radius 1 is 1.15 bits per heavy atom. The van der Waals surface area contributed by atoms with E-state index in [-0.39, 0.29) is 11.7 Å². The molecule has 0 fully saturated rings. The van der Waals surface area contributed by atoms with Crippen molar-refractivity contribution >= 4 is 16.8 Å². The summed E-state index contributed by atoms with van der Waals surface area (Å²) in [5.74, 6) is 0.409. The lowest BCUT2D eigenvalue weighted by molar-refractivity contribution is -0.121. The molecule has 1 heterocycles. The highest BCUT2D eigenvalue weighted by molar-refractivity contribution is 5.91. The summed E-state index contributed by atoms with van der Waals surface area (Å²) in [6.45, 7) is 0.949. The molecule has 0 bridgehead atoms. The van der Waals surface area contributed by atoms with Crippen molar-refractivity contribution in [2.24, 2.45) is 0 Å². The summed E-state index contributed by atoms with van der Waals surface area (Å²) in [7, 11) is 3.21. The van der Waals surface area contributed by atoms with Gasteiger partial charge in [0.05, 0.1) is 13.7 Å². The second-order valence-electron chi connectivity index (χ2n) is 6.24. The molecular formula is C21H23FN2O3. The lowest BCUT2D eigenvalue weighted by Crippen LogP contribution is -2.27. The number of methoxy groups -OCH3 is 2. The molecule has 6 heteroatoms. The van der Waals surface area contributed by atoms with Crippen LogP contribution in [0.4, 0.5) is 4.39 Å². The number of H-pyrrole nitrogens is 1. The summed E-state index contributed by atoms with van der Waals surface area (Å²) < 4.78 is 24.0. The van der Waals surface area contributed by atoms with Crippen LogP contribution in [0, 0.1) is 5.82 Å². The number of hydrogen-bond acceptors (Lipinski definition) is 3. The van der Waals surface area contributed by atoms with Crippen LogP contribution in [0.3, 0.4) is 0 Å². The molecule has 0 aliphatic heterocycles. The van der Waals surface area contributed by atoms with Crippen LogP contribution in [0.5, 0.6) is 5.75 Å². The average Bonchev–Trinajstić information content (AvgIpc) is 3.04. The largest absolute Gasteiger partial charge is 0.497 e. The van der Waals surface area contributed by atoms with Crippen molar-refractivity contribution in [3.05, 3.63) is 53.8 Å². The van der Waals surface area contributed by atoms with Crippen molar-refractivity contribution in [1.29, 1.82) is 0 Å². The van der Waals surface area contributed by atoms with E-state index in [0.29, 0.717) is 26.0 Å². The van der Waals surface area contributed by atoms with Gasteiger partial charge < -0.3 is 19.8 Å². The molecule has 142 valence electrons. The normalized spacial score (nSPS) is 10.9. The summed E-state index contributed by atoms with van der Waals surface area (Å²) in [5.41, 5.74) is 3.62. The molecule has 3 rings (SSSR count). The Kier molecular flexibility index (Phi) is 6.08. The molecule has 0 aliphatic carbocycles. The Hall–Kier alpha value is -2.86. The van der Waals surface area contributed by atoms with E-state index in [2.05, 4.69) is 10.3 Å². The van der Waals surface area contributed by atoms with Gasteiger partial charge in [0.15, 0.2) is 0 Å². The van der Waals surface area contributed by atoms with Gasteiger partial charge in [-0.1, -0.05) is 0 Å². The number of carbonyl (C=O) groups excluding carboxylic acids is 1. The zero-order valence-corrected chi connectivity index (χ0v) is 15.5. The van der Waals surface area contributed by atoms with Gasteiger partial charge in [0.1, 0.15) is 11.6 Å². The molecule has 27 heavy (non-hydrogen) atoms. The number of ether oxygens (including phenoxy) is 2. The number of aromatic nitrogens is 1. The van der Waals surface area contributed by atoms with Gasteiger partial charge >= 0.3 is 0 Å². The Morgan fingerprint density at radius 2 is 1.93 bits per heavy atom. The number of carbonyl (C=O) groups is 1. The first kappa shape index (κ1) is 18.9. The average molecular weight is 370 g/mol. The van der Waals surface area contributed by atoms with Gasteiger partial charge in [-0.2, -0.15) is 0 Å². The fourth-order valence-electron chi connectivity index (χ4n) is 3.10. The molecule has 0 unspecified atom stereocenters. The zero-order valence-electron chi connectivity index (χ0n) is 15.5. The maximum absolute atomic E-state index is 13.8. The summed E-state index contributed by atoms with van der Waals surface area (Å²) in [5, 5.41) is 3.61. The maximum atomic E-state index is 13.8. The van der Waals surface area contributed by atoms with Gasteiger partial charge in [-0.15, -0.1) is 0 Å². The Bertz CT molecular complexity index is 919. The summed E-state index contributed by atoms with van der Waals surface area (Å²) >= 11 is 0. The van der Waals surface area contributed by atoms with Crippen LogP contribution < -0.4 is 10.1 Å². The molecule has 2 aromatic carbocycles. The third-order valence-electron chi connectivity index (χ3n) is 4.48. The Labute approximate surface area is 157 Å². The maximum Gasteiger partial charge on any atom is 0.220 e. The predicted octanol–water partition coefficient (Wildman–Crippen LogP) is 3.68. The molecule has 2 N–H and O–H groups in total. The minimum Gasteiger partial charge on any atom is -0.497 e. The van der Waals surface area contributed by atoms with Crippen LogP contribution in [0.25, 0.3) is 22.2 Å². The highest BCUT2D eigenvalue weighted by Crippen LogP contribution is 2.32. The van der Waals surface area contributed by atoms with Gasteiger partial charge in [0.25, 0.3) is 0 Å². The SMILES string of the molecule is COCCNC(=O)CCc1c(-c2ccc(OC)cc2)[nH]c2ccc(F)cc12. The van der Waals surface area contributed by atoms with Crippen molar-refractivity contribution in [3.8, 4) is 17.0 Å². The summed E-state index contributed by atoms with van der Waals surface area (Å²) in [6.07, 6.45) is 0.819. The van der Waals surface area contributed by atoms with Crippen molar-refractivity contribution in [3.63, 3.8) is 0 Å². The quantitative estimate of drug-likeness (QED) is 0.595. The van der Waals surface area contributed by atoms with Crippen LogP contribution in [0.15, 0.2) is 42.5 Å². The van der Waals surface area contributed by atoms with Crippen LogP contribution in [-0.4, -0.2) is 38.3 Å². The fraction of sp³-hybridized carbons (Fsp3) is 0.286. The first-order valence-corrected chi connectivity index (χ1v) is 8.82. The zero-order chi connectivity index (χ0) is 19.2. The number of hydrogen-bond donors (Lipinski definition) is 2. The minimum absolute atomic E-state index is 0.0570. The number of benzene rings is 2. The van der Waals surface area contributed by atoms with E-state index in [4.69, 9.17) is 9.47 Å². The van der Waals surface area contributed by atoms with Crippen LogP contribution in [0.1, 0.15) is 12.0 Å².